The zero-order chi connectivity index (χ0) is 18.5. The van der Waals surface area contributed by atoms with Crippen molar-refractivity contribution in [3.8, 4) is 0 Å². The molecule has 2 heterocycles. The molecule has 2 N–H and O–H groups in total. The van der Waals surface area contributed by atoms with Gasteiger partial charge in [-0.05, 0) is 39.2 Å². The van der Waals surface area contributed by atoms with E-state index in [-0.39, 0.29) is 0 Å². The first kappa shape index (κ1) is 19.2. The SMILES string of the molecule is CN=C(NCCN1CCOCC1C)NC1CCc2cn(C(C)C)nc2C1. The van der Waals surface area contributed by atoms with Crippen LogP contribution in [-0.4, -0.2) is 72.6 Å². The number of nitrogens with zero attached hydrogens (tertiary/aromatic N) is 4. The summed E-state index contributed by atoms with van der Waals surface area (Å²) in [4.78, 5) is 6.87. The van der Waals surface area contributed by atoms with Crippen molar-refractivity contribution >= 4 is 5.96 Å². The van der Waals surface area contributed by atoms with Crippen molar-refractivity contribution in [1.82, 2.24) is 25.3 Å². The van der Waals surface area contributed by atoms with E-state index in [2.05, 4.69) is 52.2 Å². The summed E-state index contributed by atoms with van der Waals surface area (Å²) < 4.78 is 7.59. The van der Waals surface area contributed by atoms with E-state index in [4.69, 9.17) is 9.84 Å². The Morgan fingerprint density at radius 1 is 1.46 bits per heavy atom. The van der Waals surface area contributed by atoms with Gasteiger partial charge in [0.05, 0.1) is 18.9 Å². The Morgan fingerprint density at radius 2 is 2.31 bits per heavy atom. The lowest BCUT2D eigenvalue weighted by molar-refractivity contribution is 0.000876. The third-order valence-corrected chi connectivity index (χ3v) is 5.39. The Hall–Kier alpha value is -1.60. The Balaban J connectivity index is 1.46. The predicted octanol–water partition coefficient (Wildman–Crippen LogP) is 1.21. The molecule has 7 heteroatoms. The molecule has 0 spiro atoms. The minimum atomic E-state index is 0.395. The summed E-state index contributed by atoms with van der Waals surface area (Å²) in [6.07, 6.45) is 5.39. The van der Waals surface area contributed by atoms with Crippen LogP contribution < -0.4 is 10.6 Å². The second-order valence-corrected chi connectivity index (χ2v) is 7.72. The highest BCUT2D eigenvalue weighted by molar-refractivity contribution is 5.80. The molecule has 0 saturated carbocycles. The summed E-state index contributed by atoms with van der Waals surface area (Å²) >= 11 is 0. The highest BCUT2D eigenvalue weighted by atomic mass is 16.5. The van der Waals surface area contributed by atoms with Gasteiger partial charge < -0.3 is 15.4 Å². The second-order valence-electron chi connectivity index (χ2n) is 7.72. The van der Waals surface area contributed by atoms with Crippen LogP contribution in [0.5, 0.6) is 0 Å². The number of hydrogen-bond acceptors (Lipinski definition) is 4. The van der Waals surface area contributed by atoms with Gasteiger partial charge in [0, 0.05) is 57.4 Å². The molecule has 2 unspecified atom stereocenters. The number of rotatable bonds is 5. The number of fused-ring (bicyclic) bond motifs is 1. The van der Waals surface area contributed by atoms with Crippen molar-refractivity contribution in [1.29, 1.82) is 0 Å². The van der Waals surface area contributed by atoms with Crippen LogP contribution in [-0.2, 0) is 17.6 Å². The third kappa shape index (κ3) is 4.76. The van der Waals surface area contributed by atoms with Gasteiger partial charge in [-0.2, -0.15) is 5.10 Å². The Kier molecular flexibility index (Phi) is 6.53. The summed E-state index contributed by atoms with van der Waals surface area (Å²) in [6, 6.07) is 1.31. The molecule has 1 saturated heterocycles. The first-order valence-electron chi connectivity index (χ1n) is 9.92. The zero-order valence-corrected chi connectivity index (χ0v) is 16.7. The number of nitrogens with one attached hydrogen (secondary N) is 2. The van der Waals surface area contributed by atoms with E-state index >= 15 is 0 Å². The van der Waals surface area contributed by atoms with E-state index in [9.17, 15) is 0 Å². The number of guanidine groups is 1. The minimum Gasteiger partial charge on any atom is -0.379 e. The van der Waals surface area contributed by atoms with Gasteiger partial charge in [-0.15, -0.1) is 0 Å². The van der Waals surface area contributed by atoms with Gasteiger partial charge in [-0.25, -0.2) is 0 Å². The smallest absolute Gasteiger partial charge is 0.191 e. The standard InChI is InChI=1S/C19H34N6O/c1-14(2)25-12-16-5-6-17(11-18(16)23-25)22-19(20-4)21-7-8-24-9-10-26-13-15(24)3/h12,14-15,17H,5-11,13H2,1-4H3,(H2,20,21,22). The van der Waals surface area contributed by atoms with Crippen molar-refractivity contribution in [3.05, 3.63) is 17.5 Å². The van der Waals surface area contributed by atoms with E-state index in [1.54, 1.807) is 0 Å². The quantitative estimate of drug-likeness (QED) is 0.609. The van der Waals surface area contributed by atoms with Gasteiger partial charge in [-0.1, -0.05) is 0 Å². The molecule has 1 fully saturated rings. The summed E-state index contributed by atoms with van der Waals surface area (Å²) in [7, 11) is 1.84. The van der Waals surface area contributed by atoms with Crippen LogP contribution in [0.15, 0.2) is 11.2 Å². The van der Waals surface area contributed by atoms with E-state index in [0.29, 0.717) is 18.1 Å². The molecule has 0 aromatic carbocycles. The van der Waals surface area contributed by atoms with E-state index in [1.165, 1.54) is 11.3 Å². The number of aromatic nitrogens is 2. The Morgan fingerprint density at radius 3 is 3.04 bits per heavy atom. The van der Waals surface area contributed by atoms with Gasteiger partial charge in [0.2, 0.25) is 0 Å². The van der Waals surface area contributed by atoms with Crippen LogP contribution in [0.3, 0.4) is 0 Å². The monoisotopic (exact) mass is 362 g/mol. The predicted molar refractivity (Wildman–Crippen MR) is 105 cm³/mol. The molecule has 26 heavy (non-hydrogen) atoms. The first-order valence-corrected chi connectivity index (χ1v) is 9.92. The average molecular weight is 363 g/mol. The molecular weight excluding hydrogens is 328 g/mol. The Labute approximate surface area is 157 Å². The normalized spacial score (nSPS) is 24.6. The van der Waals surface area contributed by atoms with Crippen LogP contribution in [0.4, 0.5) is 0 Å². The lowest BCUT2D eigenvalue weighted by Crippen LogP contribution is -2.50. The van der Waals surface area contributed by atoms with Crippen LogP contribution in [0.25, 0.3) is 0 Å². The first-order chi connectivity index (χ1) is 12.6. The van der Waals surface area contributed by atoms with Gasteiger partial charge in [0.15, 0.2) is 5.96 Å². The molecule has 2 atom stereocenters. The third-order valence-electron chi connectivity index (χ3n) is 5.39. The number of hydrogen-bond donors (Lipinski definition) is 2. The fourth-order valence-electron chi connectivity index (χ4n) is 3.70. The molecule has 0 bridgehead atoms. The average Bonchev–Trinajstić information content (AvgIpc) is 3.06. The lowest BCUT2D eigenvalue weighted by atomic mass is 9.94. The minimum absolute atomic E-state index is 0.395. The maximum atomic E-state index is 5.50. The number of ether oxygens (including phenoxy) is 1. The molecule has 1 aliphatic carbocycles. The van der Waals surface area contributed by atoms with Gasteiger partial charge in [-0.3, -0.25) is 14.6 Å². The molecule has 146 valence electrons. The largest absolute Gasteiger partial charge is 0.379 e. The Bertz CT molecular complexity index is 611. The molecule has 2 aliphatic rings. The lowest BCUT2D eigenvalue weighted by Gasteiger charge is -2.33. The molecule has 1 aromatic heterocycles. The summed E-state index contributed by atoms with van der Waals surface area (Å²) in [5.74, 6) is 0.891. The molecule has 0 amide bonds. The maximum Gasteiger partial charge on any atom is 0.191 e. The van der Waals surface area contributed by atoms with Crippen molar-refractivity contribution < 1.29 is 4.74 Å². The fraction of sp³-hybridized carbons (Fsp3) is 0.789. The van der Waals surface area contributed by atoms with Crippen LogP contribution in [0.1, 0.15) is 44.5 Å². The van der Waals surface area contributed by atoms with Crippen LogP contribution in [0, 0.1) is 0 Å². The molecule has 1 aromatic rings. The summed E-state index contributed by atoms with van der Waals surface area (Å²) in [6.45, 7) is 11.2. The van der Waals surface area contributed by atoms with Crippen LogP contribution >= 0.6 is 0 Å². The van der Waals surface area contributed by atoms with E-state index in [0.717, 1.165) is 58.1 Å². The topological polar surface area (TPSA) is 66.7 Å². The summed E-state index contributed by atoms with van der Waals surface area (Å²) in [5, 5.41) is 11.8. The van der Waals surface area contributed by atoms with Crippen molar-refractivity contribution in [2.45, 2.75) is 58.2 Å². The number of aliphatic imine (C=N–C) groups is 1. The molecular formula is C19H34N6O. The van der Waals surface area contributed by atoms with Crippen molar-refractivity contribution in [3.63, 3.8) is 0 Å². The van der Waals surface area contributed by atoms with E-state index in [1.807, 2.05) is 7.05 Å². The molecule has 1 aliphatic heterocycles. The highest BCUT2D eigenvalue weighted by Crippen LogP contribution is 2.21. The molecule has 3 rings (SSSR count). The zero-order valence-electron chi connectivity index (χ0n) is 16.7. The second kappa shape index (κ2) is 8.86. The molecule has 0 radical (unpaired) electrons. The fourth-order valence-corrected chi connectivity index (χ4v) is 3.70. The van der Waals surface area contributed by atoms with Gasteiger partial charge in [0.1, 0.15) is 0 Å². The van der Waals surface area contributed by atoms with Crippen molar-refractivity contribution in [2.75, 3.05) is 39.9 Å². The maximum absolute atomic E-state index is 5.50. The molecule has 7 nitrogen and oxygen atoms in total. The number of morpholine rings is 1. The van der Waals surface area contributed by atoms with Gasteiger partial charge >= 0.3 is 0 Å². The van der Waals surface area contributed by atoms with Crippen molar-refractivity contribution in [2.24, 2.45) is 4.99 Å². The van der Waals surface area contributed by atoms with Gasteiger partial charge in [0.25, 0.3) is 0 Å². The van der Waals surface area contributed by atoms with Crippen LogP contribution in [0.2, 0.25) is 0 Å². The summed E-state index contributed by atoms with van der Waals surface area (Å²) in [5.41, 5.74) is 2.64. The highest BCUT2D eigenvalue weighted by Gasteiger charge is 2.23. The van der Waals surface area contributed by atoms with E-state index < -0.39 is 0 Å². The number of aryl methyl sites for hydroxylation is 1.